The summed E-state index contributed by atoms with van der Waals surface area (Å²) >= 11 is 0. The zero-order chi connectivity index (χ0) is 18.0. The van der Waals surface area contributed by atoms with Gasteiger partial charge in [-0.25, -0.2) is 0 Å². The molecule has 0 aromatic rings. The van der Waals surface area contributed by atoms with Crippen LogP contribution in [-0.4, -0.2) is 112 Å². The van der Waals surface area contributed by atoms with E-state index in [2.05, 4.69) is 0 Å². The summed E-state index contributed by atoms with van der Waals surface area (Å²) in [5, 5.41) is 58.2. The van der Waals surface area contributed by atoms with E-state index < -0.39 is 74.4 Å². The Morgan fingerprint density at radius 3 is 1.92 bits per heavy atom. The Hall–Kier alpha value is -0.400. The predicted molar refractivity (Wildman–Crippen MR) is 76.9 cm³/mol. The van der Waals surface area contributed by atoms with Gasteiger partial charge in [-0.1, -0.05) is 0 Å². The Kier molecular flexibility index (Phi) is 6.90. The van der Waals surface area contributed by atoms with E-state index in [1.807, 2.05) is 0 Å². The van der Waals surface area contributed by atoms with Gasteiger partial charge in [-0.15, -0.1) is 0 Å². The molecule has 24 heavy (non-hydrogen) atoms. The van der Waals surface area contributed by atoms with Gasteiger partial charge in [-0.2, -0.15) is 0 Å². The van der Waals surface area contributed by atoms with Crippen LogP contribution in [-0.2, 0) is 18.9 Å². The standard InChI is InChI=1S/C14H26O10/c1-5-12(13(21-2)9(18)7(4-16)22-5)24-14-11(20)10(19)8(17)6(3-15)23-14/h5-20H,3-4H2,1-2H3/t5?,6?,7?,8-,9-,10-,11?,12?,13-,14+/m0/s1. The molecular weight excluding hydrogens is 328 g/mol. The van der Waals surface area contributed by atoms with Gasteiger partial charge in [-0.05, 0) is 6.92 Å². The molecule has 0 bridgehead atoms. The number of methoxy groups -OCH3 is 1. The van der Waals surface area contributed by atoms with Crippen molar-refractivity contribution in [3.05, 3.63) is 0 Å². The van der Waals surface area contributed by atoms with Crippen LogP contribution in [0.15, 0.2) is 0 Å². The average Bonchev–Trinajstić information content (AvgIpc) is 2.58. The largest absolute Gasteiger partial charge is 0.394 e. The zero-order valence-electron chi connectivity index (χ0n) is 13.5. The van der Waals surface area contributed by atoms with Crippen LogP contribution in [0.2, 0.25) is 0 Å². The molecule has 0 radical (unpaired) electrons. The fraction of sp³-hybridized carbons (Fsp3) is 1.00. The van der Waals surface area contributed by atoms with Crippen molar-refractivity contribution < 1.29 is 49.6 Å². The van der Waals surface area contributed by atoms with Crippen molar-refractivity contribution >= 4 is 0 Å². The maximum atomic E-state index is 10.2. The molecule has 0 aromatic heterocycles. The summed E-state index contributed by atoms with van der Waals surface area (Å²) in [5.74, 6) is 0. The van der Waals surface area contributed by atoms with Gasteiger partial charge in [0.2, 0.25) is 0 Å². The lowest BCUT2D eigenvalue weighted by molar-refractivity contribution is -0.341. The van der Waals surface area contributed by atoms with E-state index in [0.717, 1.165) is 0 Å². The van der Waals surface area contributed by atoms with Gasteiger partial charge in [0.15, 0.2) is 6.29 Å². The summed E-state index contributed by atoms with van der Waals surface area (Å²) in [6.45, 7) is 0.651. The van der Waals surface area contributed by atoms with Gasteiger partial charge in [0.25, 0.3) is 0 Å². The summed E-state index contributed by atoms with van der Waals surface area (Å²) in [6.07, 6.45) is -11.5. The molecule has 142 valence electrons. The SMILES string of the molecule is CO[C@@H]1C(O[C@H]2OC(CO)[C@H](O)[C@H](O)C2O)C(C)OC(CO)[C@@H]1O. The topological polar surface area (TPSA) is 158 Å². The number of hydrogen-bond acceptors (Lipinski definition) is 10. The molecule has 2 saturated heterocycles. The highest BCUT2D eigenvalue weighted by atomic mass is 16.7. The Bertz CT molecular complexity index is 394. The molecule has 10 heteroatoms. The van der Waals surface area contributed by atoms with Gasteiger partial charge >= 0.3 is 0 Å². The average molecular weight is 354 g/mol. The van der Waals surface area contributed by atoms with Crippen molar-refractivity contribution in [2.24, 2.45) is 0 Å². The second kappa shape index (κ2) is 8.32. The molecule has 2 aliphatic rings. The van der Waals surface area contributed by atoms with Crippen LogP contribution in [0.3, 0.4) is 0 Å². The highest BCUT2D eigenvalue weighted by Crippen LogP contribution is 2.30. The maximum absolute atomic E-state index is 10.2. The summed E-state index contributed by atoms with van der Waals surface area (Å²) in [6, 6.07) is 0. The van der Waals surface area contributed by atoms with Gasteiger partial charge in [0.05, 0.1) is 19.3 Å². The van der Waals surface area contributed by atoms with E-state index in [1.165, 1.54) is 7.11 Å². The van der Waals surface area contributed by atoms with Crippen molar-refractivity contribution in [2.75, 3.05) is 20.3 Å². The molecule has 6 N–H and O–H groups in total. The molecule has 10 nitrogen and oxygen atoms in total. The number of rotatable bonds is 5. The Balaban J connectivity index is 2.12. The van der Waals surface area contributed by atoms with Gasteiger partial charge in [0.1, 0.15) is 48.8 Å². The number of hydrogen-bond donors (Lipinski definition) is 6. The number of aliphatic hydroxyl groups excluding tert-OH is 6. The molecule has 2 fully saturated rings. The number of ether oxygens (including phenoxy) is 4. The second-order valence-corrected chi connectivity index (χ2v) is 6.05. The maximum Gasteiger partial charge on any atom is 0.187 e. The Labute approximate surface area is 139 Å². The van der Waals surface area contributed by atoms with Crippen LogP contribution in [0, 0.1) is 0 Å². The highest BCUT2D eigenvalue weighted by molar-refractivity contribution is 4.95. The number of aliphatic hydroxyl groups is 6. The summed E-state index contributed by atoms with van der Waals surface area (Å²) in [7, 11) is 1.35. The smallest absolute Gasteiger partial charge is 0.187 e. The lowest BCUT2D eigenvalue weighted by atomic mass is 9.94. The molecule has 0 amide bonds. The van der Waals surface area contributed by atoms with E-state index in [0.29, 0.717) is 0 Å². The van der Waals surface area contributed by atoms with Crippen LogP contribution in [0.4, 0.5) is 0 Å². The van der Waals surface area contributed by atoms with Crippen molar-refractivity contribution in [3.8, 4) is 0 Å². The van der Waals surface area contributed by atoms with Crippen LogP contribution in [0.1, 0.15) is 6.92 Å². The van der Waals surface area contributed by atoms with Crippen LogP contribution in [0.5, 0.6) is 0 Å². The minimum atomic E-state index is -1.57. The van der Waals surface area contributed by atoms with Crippen molar-refractivity contribution in [1.29, 1.82) is 0 Å². The van der Waals surface area contributed by atoms with Crippen LogP contribution < -0.4 is 0 Å². The van der Waals surface area contributed by atoms with Crippen LogP contribution >= 0.6 is 0 Å². The van der Waals surface area contributed by atoms with Crippen molar-refractivity contribution in [2.45, 2.75) is 68.1 Å². The molecule has 0 aliphatic carbocycles. The third-order valence-electron chi connectivity index (χ3n) is 4.49. The van der Waals surface area contributed by atoms with E-state index in [-0.39, 0.29) is 0 Å². The third kappa shape index (κ3) is 3.73. The van der Waals surface area contributed by atoms with Crippen molar-refractivity contribution in [1.82, 2.24) is 0 Å². The molecule has 0 aromatic carbocycles. The molecule has 2 rings (SSSR count). The third-order valence-corrected chi connectivity index (χ3v) is 4.49. The van der Waals surface area contributed by atoms with Crippen LogP contribution in [0.25, 0.3) is 0 Å². The molecule has 0 spiro atoms. The monoisotopic (exact) mass is 354 g/mol. The minimum absolute atomic E-state index is 0.405. The summed E-state index contributed by atoms with van der Waals surface area (Å²) in [4.78, 5) is 0. The van der Waals surface area contributed by atoms with E-state index in [9.17, 15) is 30.6 Å². The molecule has 0 saturated carbocycles. The van der Waals surface area contributed by atoms with E-state index >= 15 is 0 Å². The molecule has 2 heterocycles. The molecular formula is C14H26O10. The molecule has 10 atom stereocenters. The van der Waals surface area contributed by atoms with Gasteiger partial charge < -0.3 is 49.6 Å². The van der Waals surface area contributed by atoms with Crippen molar-refractivity contribution in [3.63, 3.8) is 0 Å². The van der Waals surface area contributed by atoms with Gasteiger partial charge in [-0.3, -0.25) is 0 Å². The normalized spacial score (nSPS) is 50.0. The predicted octanol–water partition coefficient (Wildman–Crippen LogP) is -3.67. The Morgan fingerprint density at radius 2 is 1.38 bits per heavy atom. The first-order valence-electron chi connectivity index (χ1n) is 7.78. The quantitative estimate of drug-likeness (QED) is 0.290. The minimum Gasteiger partial charge on any atom is -0.394 e. The lowest BCUT2D eigenvalue weighted by Gasteiger charge is -2.46. The lowest BCUT2D eigenvalue weighted by Crippen LogP contribution is -2.64. The van der Waals surface area contributed by atoms with Gasteiger partial charge in [0, 0.05) is 7.11 Å². The summed E-state index contributed by atoms with van der Waals surface area (Å²) in [5.41, 5.74) is 0. The fourth-order valence-corrected chi connectivity index (χ4v) is 3.05. The zero-order valence-corrected chi connectivity index (χ0v) is 13.5. The first-order chi connectivity index (χ1) is 11.3. The summed E-state index contributed by atoms with van der Waals surface area (Å²) < 4.78 is 21.6. The first-order valence-corrected chi connectivity index (χ1v) is 7.78. The molecule has 5 unspecified atom stereocenters. The Morgan fingerprint density at radius 1 is 0.792 bits per heavy atom. The first kappa shape index (κ1) is 19.9. The highest BCUT2D eigenvalue weighted by Gasteiger charge is 2.49. The second-order valence-electron chi connectivity index (χ2n) is 6.05. The van der Waals surface area contributed by atoms with E-state index in [1.54, 1.807) is 6.92 Å². The van der Waals surface area contributed by atoms with E-state index in [4.69, 9.17) is 18.9 Å². The molecule has 2 aliphatic heterocycles. The fourth-order valence-electron chi connectivity index (χ4n) is 3.05.